The summed E-state index contributed by atoms with van der Waals surface area (Å²) in [6, 6.07) is 16.7. The van der Waals surface area contributed by atoms with Crippen LogP contribution in [0.4, 0.5) is 0 Å². The number of nitrogens with zero attached hydrogens (tertiary/aromatic N) is 2. The first-order chi connectivity index (χ1) is 13.4. The maximum Gasteiger partial charge on any atom is 0.270 e. The normalized spacial score (nSPS) is 12.1. The van der Waals surface area contributed by atoms with Crippen LogP contribution in [0.25, 0.3) is 16.9 Å². The average molecular weight is 398 g/mol. The average Bonchev–Trinajstić information content (AvgIpc) is 3.13. The molecule has 28 heavy (non-hydrogen) atoms. The Hall–Kier alpha value is -2.79. The minimum atomic E-state index is -0.178. The van der Waals surface area contributed by atoms with Gasteiger partial charge in [-0.25, -0.2) is 4.68 Å². The highest BCUT2D eigenvalue weighted by Crippen LogP contribution is 2.26. The molecule has 146 valence electrons. The third-order valence-electron chi connectivity index (χ3n) is 4.72. The highest BCUT2D eigenvalue weighted by Gasteiger charge is 2.20. The number of rotatable bonds is 6. The summed E-state index contributed by atoms with van der Waals surface area (Å²) < 4.78 is 6.94. The third kappa shape index (κ3) is 4.37. The molecule has 0 fully saturated rings. The van der Waals surface area contributed by atoms with Crippen LogP contribution in [0.1, 0.15) is 31.3 Å². The van der Waals surface area contributed by atoms with Gasteiger partial charge in [-0.3, -0.25) is 4.79 Å². The predicted octanol–water partition coefficient (Wildman–Crippen LogP) is 4.98. The molecule has 5 nitrogen and oxygen atoms in total. The Balaban J connectivity index is 2.08. The number of nitrogens with one attached hydrogen (secondary N) is 1. The summed E-state index contributed by atoms with van der Waals surface area (Å²) in [7, 11) is 1.62. The van der Waals surface area contributed by atoms with Gasteiger partial charge in [0.25, 0.3) is 5.91 Å². The lowest BCUT2D eigenvalue weighted by molar-refractivity contribution is 0.0922. The Morgan fingerprint density at radius 2 is 1.86 bits per heavy atom. The fourth-order valence-corrected chi connectivity index (χ4v) is 2.90. The monoisotopic (exact) mass is 397 g/mol. The Bertz CT molecular complexity index is 981. The topological polar surface area (TPSA) is 56.1 Å². The minimum Gasteiger partial charge on any atom is -0.497 e. The molecule has 1 heterocycles. The Morgan fingerprint density at radius 1 is 1.11 bits per heavy atom. The predicted molar refractivity (Wildman–Crippen MR) is 112 cm³/mol. The van der Waals surface area contributed by atoms with E-state index in [1.165, 1.54) is 0 Å². The van der Waals surface area contributed by atoms with Crippen molar-refractivity contribution >= 4 is 17.5 Å². The molecule has 1 N–H and O–H groups in total. The lowest BCUT2D eigenvalue weighted by Crippen LogP contribution is -2.37. The molecule has 0 saturated heterocycles. The van der Waals surface area contributed by atoms with Crippen molar-refractivity contribution < 1.29 is 9.53 Å². The number of hydrogen-bond acceptors (Lipinski definition) is 3. The highest BCUT2D eigenvalue weighted by atomic mass is 35.5. The number of halogens is 1. The summed E-state index contributed by atoms with van der Waals surface area (Å²) in [5, 5.41) is 8.31. The first-order valence-electron chi connectivity index (χ1n) is 9.20. The quantitative estimate of drug-likeness (QED) is 0.638. The van der Waals surface area contributed by atoms with Crippen LogP contribution in [0.2, 0.25) is 5.02 Å². The van der Waals surface area contributed by atoms with Gasteiger partial charge in [0.05, 0.1) is 18.5 Å². The number of carbonyl (C=O) groups excluding carboxylic acids is 1. The Labute approximate surface area is 170 Å². The van der Waals surface area contributed by atoms with Crippen molar-refractivity contribution in [3.63, 3.8) is 0 Å². The van der Waals surface area contributed by atoms with Gasteiger partial charge in [0.2, 0.25) is 0 Å². The second kappa shape index (κ2) is 8.48. The van der Waals surface area contributed by atoms with Gasteiger partial charge in [0.1, 0.15) is 11.4 Å². The molecule has 0 saturated carbocycles. The van der Waals surface area contributed by atoms with Gasteiger partial charge >= 0.3 is 0 Å². The van der Waals surface area contributed by atoms with Crippen LogP contribution in [-0.2, 0) is 0 Å². The second-order valence-electron chi connectivity index (χ2n) is 7.04. The van der Waals surface area contributed by atoms with Crippen molar-refractivity contribution in [3.05, 3.63) is 65.3 Å². The SMILES string of the molecule is COc1cccc(-c2cc(C(=O)NC(C)C(C)C)n(-c3cccc(Cl)c3)n2)c1. The molecule has 1 unspecified atom stereocenters. The number of benzene rings is 2. The van der Waals surface area contributed by atoms with Gasteiger partial charge < -0.3 is 10.1 Å². The molecule has 1 aromatic heterocycles. The molecule has 0 radical (unpaired) electrons. The molecule has 2 aromatic carbocycles. The van der Waals surface area contributed by atoms with E-state index in [0.717, 1.165) is 17.0 Å². The van der Waals surface area contributed by atoms with Crippen molar-refractivity contribution in [1.82, 2.24) is 15.1 Å². The number of amides is 1. The van der Waals surface area contributed by atoms with Crippen molar-refractivity contribution in [1.29, 1.82) is 0 Å². The van der Waals surface area contributed by atoms with E-state index < -0.39 is 0 Å². The molecule has 0 spiro atoms. The van der Waals surface area contributed by atoms with E-state index in [0.29, 0.717) is 22.3 Å². The van der Waals surface area contributed by atoms with E-state index in [9.17, 15) is 4.79 Å². The molecular formula is C22H24ClN3O2. The lowest BCUT2D eigenvalue weighted by atomic mass is 10.1. The highest BCUT2D eigenvalue weighted by molar-refractivity contribution is 6.30. The zero-order valence-electron chi connectivity index (χ0n) is 16.4. The van der Waals surface area contributed by atoms with Crippen LogP contribution in [0.15, 0.2) is 54.6 Å². The molecule has 3 rings (SSSR count). The van der Waals surface area contributed by atoms with Crippen LogP contribution in [0.5, 0.6) is 5.75 Å². The van der Waals surface area contributed by atoms with Crippen LogP contribution >= 0.6 is 11.6 Å². The van der Waals surface area contributed by atoms with Crippen LogP contribution in [-0.4, -0.2) is 28.8 Å². The van der Waals surface area contributed by atoms with Gasteiger partial charge in [-0.15, -0.1) is 0 Å². The van der Waals surface area contributed by atoms with Crippen molar-refractivity contribution in [2.45, 2.75) is 26.8 Å². The van der Waals surface area contributed by atoms with E-state index in [4.69, 9.17) is 16.3 Å². The van der Waals surface area contributed by atoms with Crippen LogP contribution in [0, 0.1) is 5.92 Å². The van der Waals surface area contributed by atoms with Gasteiger partial charge in [-0.05, 0) is 49.2 Å². The summed E-state index contributed by atoms with van der Waals surface area (Å²) in [5.41, 5.74) is 2.73. The lowest BCUT2D eigenvalue weighted by Gasteiger charge is -2.17. The van der Waals surface area contributed by atoms with Crippen molar-refractivity contribution in [3.8, 4) is 22.7 Å². The van der Waals surface area contributed by atoms with E-state index in [2.05, 4.69) is 24.3 Å². The summed E-state index contributed by atoms with van der Waals surface area (Å²) in [4.78, 5) is 13.0. The molecule has 6 heteroatoms. The molecule has 1 amide bonds. The smallest absolute Gasteiger partial charge is 0.270 e. The largest absolute Gasteiger partial charge is 0.497 e. The number of carbonyl (C=O) groups is 1. The van der Waals surface area contributed by atoms with Crippen LogP contribution < -0.4 is 10.1 Å². The first kappa shape index (κ1) is 20.0. The van der Waals surface area contributed by atoms with E-state index in [-0.39, 0.29) is 11.9 Å². The standard InChI is InChI=1S/C22H24ClN3O2/c1-14(2)15(3)24-22(27)21-13-20(16-7-5-10-19(11-16)28-4)25-26(21)18-9-6-8-17(23)12-18/h5-15H,1-4H3,(H,24,27). The third-order valence-corrected chi connectivity index (χ3v) is 4.95. The summed E-state index contributed by atoms with van der Waals surface area (Å²) in [6.45, 7) is 6.13. The maximum atomic E-state index is 13.0. The zero-order chi connectivity index (χ0) is 20.3. The van der Waals surface area contributed by atoms with E-state index >= 15 is 0 Å². The Kier molecular flexibility index (Phi) is 6.05. The van der Waals surface area contributed by atoms with Gasteiger partial charge in [-0.1, -0.05) is 43.6 Å². The number of methoxy groups -OCH3 is 1. The van der Waals surface area contributed by atoms with Gasteiger partial charge in [0.15, 0.2) is 0 Å². The molecular weight excluding hydrogens is 374 g/mol. The van der Waals surface area contributed by atoms with E-state index in [1.54, 1.807) is 30.0 Å². The molecule has 0 aliphatic heterocycles. The molecule has 1 atom stereocenters. The molecule has 3 aromatic rings. The van der Waals surface area contributed by atoms with E-state index in [1.807, 2.05) is 43.3 Å². The summed E-state index contributed by atoms with van der Waals surface area (Å²) >= 11 is 6.16. The van der Waals surface area contributed by atoms with Gasteiger partial charge in [0, 0.05) is 16.6 Å². The minimum absolute atomic E-state index is 0.0375. The zero-order valence-corrected chi connectivity index (χ0v) is 17.2. The maximum absolute atomic E-state index is 13.0. The first-order valence-corrected chi connectivity index (χ1v) is 9.58. The molecule has 0 aliphatic rings. The number of aromatic nitrogens is 2. The fraction of sp³-hybridized carbons (Fsp3) is 0.273. The number of hydrogen-bond donors (Lipinski definition) is 1. The summed E-state index contributed by atoms with van der Waals surface area (Å²) in [6.07, 6.45) is 0. The summed E-state index contributed by atoms with van der Waals surface area (Å²) in [5.74, 6) is 0.876. The van der Waals surface area contributed by atoms with Crippen molar-refractivity contribution in [2.75, 3.05) is 7.11 Å². The second-order valence-corrected chi connectivity index (χ2v) is 7.48. The molecule has 0 aliphatic carbocycles. The van der Waals surface area contributed by atoms with Gasteiger partial charge in [-0.2, -0.15) is 5.10 Å². The van der Waals surface area contributed by atoms with Crippen LogP contribution in [0.3, 0.4) is 0 Å². The van der Waals surface area contributed by atoms with Crippen molar-refractivity contribution in [2.24, 2.45) is 5.92 Å². The Morgan fingerprint density at radius 3 is 2.54 bits per heavy atom. The molecule has 0 bridgehead atoms. The fourth-order valence-electron chi connectivity index (χ4n) is 2.72. The number of ether oxygens (including phenoxy) is 1.